The van der Waals surface area contributed by atoms with Crippen LogP contribution in [-0.4, -0.2) is 66.9 Å². The molecule has 1 saturated carbocycles. The van der Waals surface area contributed by atoms with Crippen LogP contribution in [0.5, 0.6) is 5.75 Å². The Balaban J connectivity index is 1.45. The van der Waals surface area contributed by atoms with Gasteiger partial charge in [-0.1, -0.05) is 24.8 Å². The normalized spacial score (nSPS) is 20.1. The van der Waals surface area contributed by atoms with Crippen molar-refractivity contribution in [2.45, 2.75) is 50.7 Å². The Morgan fingerprint density at radius 1 is 1.12 bits per heavy atom. The molecule has 42 heavy (non-hydrogen) atoms. The molecule has 0 saturated heterocycles. The molecule has 9 heteroatoms. The largest absolute Gasteiger partial charge is 0.495 e. The smallest absolute Gasteiger partial charge is 0.254 e. The van der Waals surface area contributed by atoms with Gasteiger partial charge < -0.3 is 31.3 Å². The minimum absolute atomic E-state index is 0.0764. The van der Waals surface area contributed by atoms with Crippen molar-refractivity contribution < 1.29 is 19.1 Å². The molecule has 1 heterocycles. The van der Waals surface area contributed by atoms with Crippen LogP contribution in [-0.2, 0) is 11.3 Å². The number of carbonyl (C=O) groups is 3. The summed E-state index contributed by atoms with van der Waals surface area (Å²) < 4.78 is 5.58. The van der Waals surface area contributed by atoms with Crippen molar-refractivity contribution in [2.75, 3.05) is 33.5 Å². The molecule has 0 aromatic heterocycles. The number of fused-ring (bicyclic) bond motifs is 3. The monoisotopic (exact) mass is 569 g/mol. The zero-order valence-electron chi connectivity index (χ0n) is 24.8. The summed E-state index contributed by atoms with van der Waals surface area (Å²) in [5.74, 6) is -0.588. The number of hydrogen-bond acceptors (Lipinski definition) is 6. The second-order valence-corrected chi connectivity index (χ2v) is 11.9. The highest BCUT2D eigenvalue weighted by molar-refractivity contribution is 6.06. The molecule has 3 amide bonds. The molecule has 0 spiro atoms. The van der Waals surface area contributed by atoms with Gasteiger partial charge in [0.15, 0.2) is 0 Å². The lowest BCUT2D eigenvalue weighted by Crippen LogP contribution is -2.48. The van der Waals surface area contributed by atoms with Gasteiger partial charge in [0.2, 0.25) is 5.91 Å². The number of benzene rings is 3. The first-order chi connectivity index (χ1) is 19.9. The van der Waals surface area contributed by atoms with E-state index in [4.69, 9.17) is 16.2 Å². The third-order valence-corrected chi connectivity index (χ3v) is 9.15. The van der Waals surface area contributed by atoms with Crippen LogP contribution in [0.3, 0.4) is 0 Å². The number of hydrogen-bond donors (Lipinski definition) is 3. The minimum atomic E-state index is -0.626. The van der Waals surface area contributed by atoms with Gasteiger partial charge in [0.05, 0.1) is 24.9 Å². The number of nitrogens with zero attached hydrogens (tertiary/aromatic N) is 2. The van der Waals surface area contributed by atoms with E-state index in [0.717, 1.165) is 53.1 Å². The van der Waals surface area contributed by atoms with Gasteiger partial charge in [-0.2, -0.15) is 0 Å². The van der Waals surface area contributed by atoms with E-state index in [2.05, 4.69) is 37.8 Å². The van der Waals surface area contributed by atoms with Gasteiger partial charge in [-0.05, 0) is 98.4 Å². The van der Waals surface area contributed by atoms with Crippen LogP contribution >= 0.6 is 0 Å². The van der Waals surface area contributed by atoms with Crippen molar-refractivity contribution >= 4 is 34.2 Å². The van der Waals surface area contributed by atoms with Gasteiger partial charge in [-0.3, -0.25) is 14.4 Å². The third kappa shape index (κ3) is 5.32. The maximum atomic E-state index is 13.5. The van der Waals surface area contributed by atoms with Crippen molar-refractivity contribution in [3.63, 3.8) is 0 Å². The zero-order chi connectivity index (χ0) is 30.3. The summed E-state index contributed by atoms with van der Waals surface area (Å²) in [4.78, 5) is 42.0. The molecule has 1 fully saturated rings. The fraction of sp³-hybridized carbons (Fsp3) is 0.364. The van der Waals surface area contributed by atoms with Crippen molar-refractivity contribution in [1.82, 2.24) is 15.1 Å². The quantitative estimate of drug-likeness (QED) is 0.277. The number of carbonyl (C=O) groups excluding carboxylic acids is 3. The van der Waals surface area contributed by atoms with Gasteiger partial charge in [0.25, 0.3) is 11.8 Å². The topological polar surface area (TPSA) is 131 Å². The van der Waals surface area contributed by atoms with Crippen molar-refractivity contribution in [2.24, 2.45) is 5.73 Å². The summed E-state index contributed by atoms with van der Waals surface area (Å²) in [5.41, 5.74) is 15.8. The molecule has 3 aromatic carbocycles. The Bertz CT molecular complexity index is 1600. The SMILES string of the molecule is C=C(CN1Cc2c(ccc3ccc(-c4cc(OC)c(N)c(C(=O)NC5CCC(C)(N(C)C)CC5)c4)cc23)C1=O)C(N)=O. The average molecular weight is 570 g/mol. The lowest BCUT2D eigenvalue weighted by atomic mass is 9.80. The predicted octanol–water partition coefficient (Wildman–Crippen LogP) is 4.09. The second-order valence-electron chi connectivity index (χ2n) is 11.9. The number of primary amides is 1. The fourth-order valence-electron chi connectivity index (χ4n) is 6.05. The Morgan fingerprint density at radius 3 is 2.45 bits per heavy atom. The van der Waals surface area contributed by atoms with E-state index >= 15 is 0 Å². The Morgan fingerprint density at radius 2 is 1.81 bits per heavy atom. The lowest BCUT2D eigenvalue weighted by Gasteiger charge is -2.42. The van der Waals surface area contributed by atoms with E-state index in [1.807, 2.05) is 36.4 Å². The molecule has 0 bridgehead atoms. The summed E-state index contributed by atoms with van der Waals surface area (Å²) in [6, 6.07) is 13.4. The van der Waals surface area contributed by atoms with Gasteiger partial charge >= 0.3 is 0 Å². The van der Waals surface area contributed by atoms with Gasteiger partial charge in [0.1, 0.15) is 5.75 Å². The maximum Gasteiger partial charge on any atom is 0.254 e. The van der Waals surface area contributed by atoms with Crippen LogP contribution in [0.15, 0.2) is 54.6 Å². The van der Waals surface area contributed by atoms with Crippen LogP contribution in [0.2, 0.25) is 0 Å². The third-order valence-electron chi connectivity index (χ3n) is 9.15. The van der Waals surface area contributed by atoms with Gasteiger partial charge in [-0.15, -0.1) is 0 Å². The van der Waals surface area contributed by atoms with Gasteiger partial charge in [0, 0.05) is 29.3 Å². The van der Waals surface area contributed by atoms with E-state index in [-0.39, 0.29) is 35.5 Å². The highest BCUT2D eigenvalue weighted by Crippen LogP contribution is 2.37. The first-order valence-electron chi connectivity index (χ1n) is 14.2. The summed E-state index contributed by atoms with van der Waals surface area (Å²) in [5, 5.41) is 5.09. The van der Waals surface area contributed by atoms with Crippen molar-refractivity contribution in [3.05, 3.63) is 71.3 Å². The zero-order valence-corrected chi connectivity index (χ0v) is 24.8. The Hall–Kier alpha value is -4.37. The highest BCUT2D eigenvalue weighted by Gasteiger charge is 2.34. The standard InChI is InChI=1S/C33H39N5O4/c1-19(30(35)39)17-38-18-27-24(32(38)41)9-8-20-6-7-21(14-25(20)27)22-15-26(29(34)28(16-22)42-5)31(40)36-23-10-12-33(2,13-11-23)37(3)4/h6-9,14-16,23H,1,10-13,17-18,34H2,2-5H3,(H2,35,39)(H,36,40). The molecular formula is C33H39N5O4. The molecule has 220 valence electrons. The molecule has 9 nitrogen and oxygen atoms in total. The fourth-order valence-corrected chi connectivity index (χ4v) is 6.05. The van der Waals surface area contributed by atoms with E-state index in [9.17, 15) is 14.4 Å². The number of nitrogen functional groups attached to an aromatic ring is 1. The molecule has 0 unspecified atom stereocenters. The number of amides is 3. The van der Waals surface area contributed by atoms with Crippen LogP contribution in [0.4, 0.5) is 5.69 Å². The molecule has 5 rings (SSSR count). The van der Waals surface area contributed by atoms with Crippen LogP contribution in [0.1, 0.15) is 58.9 Å². The molecule has 3 aromatic rings. The van der Waals surface area contributed by atoms with Crippen LogP contribution in [0.25, 0.3) is 21.9 Å². The van der Waals surface area contributed by atoms with Crippen LogP contribution in [0, 0.1) is 0 Å². The summed E-state index contributed by atoms with van der Waals surface area (Å²) in [6.07, 6.45) is 3.80. The molecule has 1 aliphatic carbocycles. The number of nitrogens with two attached hydrogens (primary N) is 2. The number of methoxy groups -OCH3 is 1. The first kappa shape index (κ1) is 29.1. The number of ether oxygens (including phenoxy) is 1. The first-order valence-corrected chi connectivity index (χ1v) is 14.2. The van der Waals surface area contributed by atoms with Crippen molar-refractivity contribution in [3.8, 4) is 16.9 Å². The van der Waals surface area contributed by atoms with E-state index in [1.165, 1.54) is 7.11 Å². The summed E-state index contributed by atoms with van der Waals surface area (Å²) >= 11 is 0. The van der Waals surface area contributed by atoms with E-state index in [0.29, 0.717) is 29.1 Å². The maximum absolute atomic E-state index is 13.5. The predicted molar refractivity (Wildman–Crippen MR) is 165 cm³/mol. The van der Waals surface area contributed by atoms with E-state index < -0.39 is 5.91 Å². The highest BCUT2D eigenvalue weighted by atomic mass is 16.5. The number of nitrogens with one attached hydrogen (secondary N) is 1. The van der Waals surface area contributed by atoms with E-state index in [1.54, 1.807) is 11.0 Å². The number of anilines is 1. The molecule has 0 atom stereocenters. The Labute approximate surface area is 246 Å². The second kappa shape index (κ2) is 11.1. The molecule has 1 aliphatic heterocycles. The Kier molecular flexibility index (Phi) is 7.72. The lowest BCUT2D eigenvalue weighted by molar-refractivity contribution is -0.114. The number of rotatable bonds is 8. The molecule has 2 aliphatic rings. The van der Waals surface area contributed by atoms with Crippen LogP contribution < -0.4 is 21.5 Å². The van der Waals surface area contributed by atoms with Crippen molar-refractivity contribution in [1.29, 1.82) is 0 Å². The molecular weight excluding hydrogens is 530 g/mol. The summed E-state index contributed by atoms with van der Waals surface area (Å²) in [6.45, 7) is 6.39. The molecule has 5 N–H and O–H groups in total. The summed E-state index contributed by atoms with van der Waals surface area (Å²) in [7, 11) is 5.74. The average Bonchev–Trinajstić information content (AvgIpc) is 3.29. The molecule has 0 radical (unpaired) electrons. The minimum Gasteiger partial charge on any atom is -0.495 e. The van der Waals surface area contributed by atoms with Gasteiger partial charge in [-0.25, -0.2) is 0 Å².